The van der Waals surface area contributed by atoms with Gasteiger partial charge in [-0.05, 0) is 13.0 Å². The largest absolute Gasteiger partial charge is 0.465 e. The maximum absolute atomic E-state index is 10.4. The summed E-state index contributed by atoms with van der Waals surface area (Å²) >= 11 is 0. The van der Waals surface area contributed by atoms with Crippen LogP contribution in [-0.2, 0) is 0 Å². The molecule has 1 rings (SSSR count). The molecule has 1 saturated heterocycles. The number of nitrogens with one attached hydrogen (secondary N) is 1. The second kappa shape index (κ2) is 4.41. The Hall–Kier alpha value is -0.480. The van der Waals surface area contributed by atoms with Crippen molar-refractivity contribution in [3.63, 3.8) is 0 Å². The number of nitrogens with zero attached hydrogens (tertiary/aromatic N) is 1. The van der Waals surface area contributed by atoms with Crippen LogP contribution in [0.4, 0.5) is 4.79 Å². The van der Waals surface area contributed by atoms with Gasteiger partial charge in [0.1, 0.15) is 0 Å². The van der Waals surface area contributed by atoms with Gasteiger partial charge in [0.15, 0.2) is 0 Å². The van der Waals surface area contributed by atoms with Crippen molar-refractivity contribution in [2.45, 2.75) is 12.5 Å². The first-order chi connectivity index (χ1) is 4.72. The van der Waals surface area contributed by atoms with Crippen molar-refractivity contribution in [3.05, 3.63) is 0 Å². The lowest BCUT2D eigenvalue weighted by molar-refractivity contribution is 0.142. The second-order valence-electron chi connectivity index (χ2n) is 2.54. The third kappa shape index (κ3) is 2.55. The van der Waals surface area contributed by atoms with E-state index in [-0.39, 0.29) is 18.4 Å². The van der Waals surface area contributed by atoms with E-state index in [4.69, 9.17) is 5.11 Å². The smallest absolute Gasteiger partial charge is 0.407 e. The molecule has 0 saturated carbocycles. The number of carboxylic acid groups (broad SMARTS) is 1. The first kappa shape index (κ1) is 10.5. The van der Waals surface area contributed by atoms with Crippen LogP contribution >= 0.6 is 12.4 Å². The second-order valence-corrected chi connectivity index (χ2v) is 2.54. The van der Waals surface area contributed by atoms with E-state index in [2.05, 4.69) is 5.32 Å². The van der Waals surface area contributed by atoms with Crippen molar-refractivity contribution in [1.82, 2.24) is 10.2 Å². The molecule has 5 heteroatoms. The van der Waals surface area contributed by atoms with E-state index in [0.29, 0.717) is 0 Å². The monoisotopic (exact) mass is 180 g/mol. The van der Waals surface area contributed by atoms with Crippen LogP contribution in [-0.4, -0.2) is 42.3 Å². The Bertz CT molecular complexity index is 137. The zero-order chi connectivity index (χ0) is 7.56. The molecule has 1 fully saturated rings. The minimum absolute atomic E-state index is 0. The summed E-state index contributed by atoms with van der Waals surface area (Å²) < 4.78 is 0. The SMILES string of the molecule is CN(C(=O)O)[C@@H]1CCNC1.Cl. The minimum atomic E-state index is -0.839. The fraction of sp³-hybridized carbons (Fsp3) is 0.833. The average molecular weight is 181 g/mol. The van der Waals surface area contributed by atoms with E-state index >= 15 is 0 Å². The molecule has 1 aliphatic rings. The number of halogens is 1. The normalized spacial score (nSPS) is 22.5. The van der Waals surface area contributed by atoms with Gasteiger partial charge >= 0.3 is 6.09 Å². The molecule has 0 aliphatic carbocycles. The molecule has 0 aromatic heterocycles. The summed E-state index contributed by atoms with van der Waals surface area (Å²) in [7, 11) is 1.61. The Balaban J connectivity index is 0.000001000. The molecule has 0 aromatic carbocycles. The number of hydrogen-bond donors (Lipinski definition) is 2. The quantitative estimate of drug-likeness (QED) is 0.614. The lowest BCUT2D eigenvalue weighted by atomic mass is 10.2. The molecular formula is C6H13ClN2O2. The maximum atomic E-state index is 10.4. The highest BCUT2D eigenvalue weighted by Gasteiger charge is 2.21. The van der Waals surface area contributed by atoms with Crippen molar-refractivity contribution >= 4 is 18.5 Å². The van der Waals surface area contributed by atoms with Crippen LogP contribution in [0.2, 0.25) is 0 Å². The molecule has 0 bridgehead atoms. The summed E-state index contributed by atoms with van der Waals surface area (Å²) in [4.78, 5) is 11.7. The molecule has 4 nitrogen and oxygen atoms in total. The lowest BCUT2D eigenvalue weighted by Gasteiger charge is -2.19. The summed E-state index contributed by atoms with van der Waals surface area (Å²) in [6, 6.07) is 0.178. The predicted molar refractivity (Wildman–Crippen MR) is 44.3 cm³/mol. The number of carbonyl (C=O) groups is 1. The van der Waals surface area contributed by atoms with Crippen LogP contribution in [0.1, 0.15) is 6.42 Å². The van der Waals surface area contributed by atoms with Gasteiger partial charge in [-0.1, -0.05) is 0 Å². The predicted octanol–water partition coefficient (Wildman–Crippen LogP) is 0.380. The standard InChI is InChI=1S/C6H12N2O2.ClH/c1-8(6(9)10)5-2-3-7-4-5;/h5,7H,2-4H2,1H3,(H,9,10);1H/t5-;/m1./s1. The molecule has 1 atom stereocenters. The molecule has 1 heterocycles. The van der Waals surface area contributed by atoms with Gasteiger partial charge in [0.25, 0.3) is 0 Å². The number of likely N-dealkylation sites (N-methyl/N-ethyl adjacent to an activating group) is 1. The van der Waals surface area contributed by atoms with Crippen molar-refractivity contribution < 1.29 is 9.90 Å². The number of rotatable bonds is 1. The van der Waals surface area contributed by atoms with Crippen molar-refractivity contribution in [1.29, 1.82) is 0 Å². The number of amides is 1. The summed E-state index contributed by atoms with van der Waals surface area (Å²) in [6.45, 7) is 1.73. The third-order valence-corrected chi connectivity index (χ3v) is 1.88. The molecule has 1 aliphatic heterocycles. The molecule has 0 unspecified atom stereocenters. The van der Waals surface area contributed by atoms with E-state index in [1.54, 1.807) is 7.05 Å². The van der Waals surface area contributed by atoms with Gasteiger partial charge in [0, 0.05) is 19.6 Å². The topological polar surface area (TPSA) is 52.6 Å². The van der Waals surface area contributed by atoms with Crippen LogP contribution in [0.3, 0.4) is 0 Å². The van der Waals surface area contributed by atoms with Crippen LogP contribution in [0.25, 0.3) is 0 Å². The zero-order valence-electron chi connectivity index (χ0n) is 6.41. The summed E-state index contributed by atoms with van der Waals surface area (Å²) in [5.74, 6) is 0. The fourth-order valence-corrected chi connectivity index (χ4v) is 1.13. The Kier molecular flexibility index (Phi) is 4.22. The van der Waals surface area contributed by atoms with E-state index in [1.807, 2.05) is 0 Å². The highest BCUT2D eigenvalue weighted by Crippen LogP contribution is 2.05. The van der Waals surface area contributed by atoms with Gasteiger partial charge in [-0.3, -0.25) is 0 Å². The van der Waals surface area contributed by atoms with E-state index in [1.165, 1.54) is 4.90 Å². The first-order valence-electron chi connectivity index (χ1n) is 3.38. The maximum Gasteiger partial charge on any atom is 0.407 e. The van der Waals surface area contributed by atoms with Crippen LogP contribution in [0, 0.1) is 0 Å². The molecule has 2 N–H and O–H groups in total. The van der Waals surface area contributed by atoms with Gasteiger partial charge in [-0.25, -0.2) is 4.79 Å². The van der Waals surface area contributed by atoms with Gasteiger partial charge in [-0.2, -0.15) is 0 Å². The van der Waals surface area contributed by atoms with Gasteiger partial charge in [0.05, 0.1) is 0 Å². The van der Waals surface area contributed by atoms with Crippen molar-refractivity contribution in [2.24, 2.45) is 0 Å². The van der Waals surface area contributed by atoms with Crippen LogP contribution in [0.5, 0.6) is 0 Å². The average Bonchev–Trinajstić information content (AvgIpc) is 2.36. The summed E-state index contributed by atoms with van der Waals surface area (Å²) in [6.07, 6.45) is 0.0942. The number of hydrogen-bond acceptors (Lipinski definition) is 2. The lowest BCUT2D eigenvalue weighted by Crippen LogP contribution is -2.37. The highest BCUT2D eigenvalue weighted by atomic mass is 35.5. The molecule has 0 spiro atoms. The van der Waals surface area contributed by atoms with Gasteiger partial charge < -0.3 is 15.3 Å². The Morgan fingerprint density at radius 1 is 1.73 bits per heavy atom. The molecule has 1 amide bonds. The Morgan fingerprint density at radius 3 is 2.73 bits per heavy atom. The summed E-state index contributed by atoms with van der Waals surface area (Å²) in [5.41, 5.74) is 0. The fourth-order valence-electron chi connectivity index (χ4n) is 1.13. The first-order valence-corrected chi connectivity index (χ1v) is 3.38. The molecule has 0 aromatic rings. The molecule has 11 heavy (non-hydrogen) atoms. The summed E-state index contributed by atoms with van der Waals surface area (Å²) in [5, 5.41) is 11.6. The molecule has 0 radical (unpaired) electrons. The van der Waals surface area contributed by atoms with Crippen molar-refractivity contribution in [3.8, 4) is 0 Å². The minimum Gasteiger partial charge on any atom is -0.465 e. The Labute approximate surface area is 72.0 Å². The van der Waals surface area contributed by atoms with Crippen LogP contribution < -0.4 is 5.32 Å². The van der Waals surface area contributed by atoms with Crippen molar-refractivity contribution in [2.75, 3.05) is 20.1 Å². The van der Waals surface area contributed by atoms with E-state index < -0.39 is 6.09 Å². The molecular weight excluding hydrogens is 168 g/mol. The molecule has 66 valence electrons. The third-order valence-electron chi connectivity index (χ3n) is 1.88. The van der Waals surface area contributed by atoms with E-state index in [9.17, 15) is 4.79 Å². The van der Waals surface area contributed by atoms with Crippen LogP contribution in [0.15, 0.2) is 0 Å². The van der Waals surface area contributed by atoms with Gasteiger partial charge in [-0.15, -0.1) is 12.4 Å². The highest BCUT2D eigenvalue weighted by molar-refractivity contribution is 5.85. The van der Waals surface area contributed by atoms with Gasteiger partial charge in [0.2, 0.25) is 0 Å². The van der Waals surface area contributed by atoms with E-state index in [0.717, 1.165) is 19.5 Å². The Morgan fingerprint density at radius 2 is 2.36 bits per heavy atom. The zero-order valence-corrected chi connectivity index (χ0v) is 7.23.